The zero-order valence-corrected chi connectivity index (χ0v) is 37.6. The number of rotatable bonds is 25. The molecule has 1 heterocycles. The molecule has 4 nitrogen and oxygen atoms in total. The van der Waals surface area contributed by atoms with Gasteiger partial charge in [0.05, 0.1) is 0 Å². The van der Waals surface area contributed by atoms with Gasteiger partial charge in [-0.15, -0.1) is 0 Å². The molecule has 1 aliphatic rings. The number of hydrogen-bond donors (Lipinski definition) is 0. The quantitative estimate of drug-likeness (QED) is 0.0432. The van der Waals surface area contributed by atoms with Gasteiger partial charge in [0.2, 0.25) is 11.4 Å². The van der Waals surface area contributed by atoms with Crippen LogP contribution in [0.5, 0.6) is 0 Å². The molecule has 54 heavy (non-hydrogen) atoms. The first-order valence-electron chi connectivity index (χ1n) is 22.1. The van der Waals surface area contributed by atoms with E-state index in [-0.39, 0.29) is 20.4 Å². The van der Waals surface area contributed by atoms with Crippen LogP contribution in [0.3, 0.4) is 0 Å². The van der Waals surface area contributed by atoms with Gasteiger partial charge in [-0.05, 0) is 132 Å². The number of nitrogens with zero attached hydrogens (tertiary/aromatic N) is 4. The van der Waals surface area contributed by atoms with Gasteiger partial charge in [0.25, 0.3) is 0 Å². The normalized spacial score (nSPS) is 12.5. The first-order chi connectivity index (χ1) is 25.9. The van der Waals surface area contributed by atoms with E-state index in [0.29, 0.717) is 0 Å². The van der Waals surface area contributed by atoms with Crippen LogP contribution in [-0.4, -0.2) is 30.9 Å². The number of anilines is 2. The molecule has 2 aromatic rings. The zero-order valence-electron chi connectivity index (χ0n) is 36.0. The van der Waals surface area contributed by atoms with Gasteiger partial charge in [0.1, 0.15) is 5.57 Å². The van der Waals surface area contributed by atoms with Crippen LogP contribution >= 0.6 is 0 Å². The van der Waals surface area contributed by atoms with E-state index in [2.05, 4.69) is 114 Å². The van der Waals surface area contributed by atoms with Gasteiger partial charge in [0, 0.05) is 81.6 Å². The van der Waals surface area contributed by atoms with Crippen molar-refractivity contribution >= 4 is 22.8 Å². The molecule has 5 heteroatoms. The molecule has 0 saturated carbocycles. The Bertz CT molecular complexity index is 1500. The zero-order chi connectivity index (χ0) is 38.6. The van der Waals surface area contributed by atoms with Crippen LogP contribution in [0, 0.1) is 11.8 Å². The molecule has 0 aromatic heterocycles. The van der Waals surface area contributed by atoms with Crippen molar-refractivity contribution in [3.8, 4) is 11.8 Å². The average Bonchev–Trinajstić information content (AvgIpc) is 3.49. The van der Waals surface area contributed by atoms with Crippen molar-refractivity contribution in [3.05, 3.63) is 74.8 Å². The van der Waals surface area contributed by atoms with Crippen molar-refractivity contribution in [1.82, 2.24) is 0 Å². The Hall–Kier alpha value is -2.66. The van der Waals surface area contributed by atoms with Gasteiger partial charge in [-0.2, -0.15) is 0 Å². The largest absolute Gasteiger partial charge is 0.493 e. The molecule has 0 radical (unpaired) electrons. The molecule has 1 aliphatic heterocycles. The summed E-state index contributed by atoms with van der Waals surface area (Å²) in [6.07, 6.45) is 22.8. The minimum Gasteiger partial charge on any atom is -0.493 e. The van der Waals surface area contributed by atoms with Gasteiger partial charge in [-0.25, -0.2) is 4.70 Å². The first kappa shape index (κ1) is 47.5. The third-order valence-corrected chi connectivity index (χ3v) is 11.0. The average molecular weight is 828 g/mol. The molecule has 0 spiro atoms. The van der Waals surface area contributed by atoms with E-state index < -0.39 is 0 Å². The molecule has 3 rings (SSSR count). The SMILES string of the molecule is CCCC#CC1=C(c2cc(CCCCC)c(N(CC)CC)c(CCCCC)c2)[N+](=[N-])C(c2cc(CCCCC)c(N(CC)CC)c(CCCCC)c2)=C1.[Pd]. The summed E-state index contributed by atoms with van der Waals surface area (Å²) < 4.78 is 1.51. The number of unbranched alkanes of at least 4 members (excludes halogenated alkanes) is 9. The molecule has 0 bridgehead atoms. The van der Waals surface area contributed by atoms with Crippen molar-refractivity contribution in [2.45, 2.75) is 178 Å². The Labute approximate surface area is 346 Å². The molecular formula is C49H76N4Pd. The van der Waals surface area contributed by atoms with Crippen LogP contribution in [0.1, 0.15) is 186 Å². The molecule has 0 saturated heterocycles. The summed E-state index contributed by atoms with van der Waals surface area (Å²) in [5, 5.41) is 0. The molecule has 0 N–H and O–H groups in total. The number of allylic oxidation sites excluding steroid dienone is 2. The third-order valence-electron chi connectivity index (χ3n) is 11.0. The van der Waals surface area contributed by atoms with Crippen LogP contribution in [0.15, 0.2) is 35.9 Å². The van der Waals surface area contributed by atoms with E-state index in [1.807, 2.05) is 0 Å². The molecule has 0 amide bonds. The Balaban J connectivity index is 0.0000101. The predicted molar refractivity (Wildman–Crippen MR) is 234 cm³/mol. The van der Waals surface area contributed by atoms with Gasteiger partial charge >= 0.3 is 0 Å². The van der Waals surface area contributed by atoms with E-state index >= 15 is 0 Å². The maximum Gasteiger partial charge on any atom is 0.223 e. The number of aryl methyl sites for hydroxylation is 4. The van der Waals surface area contributed by atoms with Crippen LogP contribution in [0.25, 0.3) is 16.9 Å². The van der Waals surface area contributed by atoms with E-state index in [4.69, 9.17) is 0 Å². The van der Waals surface area contributed by atoms with E-state index in [9.17, 15) is 5.53 Å². The fraction of sp³-hybridized carbons (Fsp3) is 0.633. The molecule has 0 unspecified atom stereocenters. The standard InChI is InChI=1S/C49H76N4.Pd/c1-10-19-24-29-39-34-44(35-40(30-25-20-11-2)47(39)51(15-6)16-7)46-38-43(33-28-23-14-5)49(53(46)50)45-36-41(31-26-21-12-3)48(52(17-8)18-9)42(37-45)32-27-22-13-4;/h34-38H,10-27,29-32H2,1-9H3;. The fourth-order valence-electron chi connectivity index (χ4n) is 8.08. The Morgan fingerprint density at radius 2 is 0.889 bits per heavy atom. The number of hydrogen-bond acceptors (Lipinski definition) is 2. The number of benzene rings is 2. The molecule has 302 valence electrons. The van der Waals surface area contributed by atoms with Crippen molar-refractivity contribution in [1.29, 1.82) is 0 Å². The van der Waals surface area contributed by atoms with E-state index in [0.717, 1.165) is 92.8 Å². The minimum absolute atomic E-state index is 0. The van der Waals surface area contributed by atoms with Crippen molar-refractivity contribution in [2.75, 3.05) is 36.0 Å². The molecule has 0 fully saturated rings. The fourth-order valence-corrected chi connectivity index (χ4v) is 8.08. The topological polar surface area (TPSA) is 31.8 Å². The summed E-state index contributed by atoms with van der Waals surface area (Å²) in [5.74, 6) is 7.01. The smallest absolute Gasteiger partial charge is 0.223 e. The van der Waals surface area contributed by atoms with Crippen molar-refractivity contribution < 1.29 is 25.1 Å². The summed E-state index contributed by atoms with van der Waals surface area (Å²) in [7, 11) is 0. The second-order valence-electron chi connectivity index (χ2n) is 15.1. The summed E-state index contributed by atoms with van der Waals surface area (Å²) in [4.78, 5) is 5.13. The Morgan fingerprint density at radius 3 is 1.22 bits per heavy atom. The Kier molecular flexibility index (Phi) is 23.1. The second-order valence-corrected chi connectivity index (χ2v) is 15.1. The van der Waals surface area contributed by atoms with E-state index in [1.54, 1.807) is 0 Å². The van der Waals surface area contributed by atoms with Crippen LogP contribution in [0.2, 0.25) is 0 Å². The van der Waals surface area contributed by atoms with Crippen molar-refractivity contribution in [2.24, 2.45) is 0 Å². The second kappa shape index (κ2) is 26.2. The maximum absolute atomic E-state index is 12.5. The Morgan fingerprint density at radius 1 is 0.519 bits per heavy atom. The monoisotopic (exact) mass is 827 g/mol. The van der Waals surface area contributed by atoms with Crippen LogP contribution in [-0.2, 0) is 46.1 Å². The van der Waals surface area contributed by atoms with E-state index in [1.165, 1.54) is 115 Å². The van der Waals surface area contributed by atoms with Crippen LogP contribution in [0.4, 0.5) is 11.4 Å². The van der Waals surface area contributed by atoms with Crippen LogP contribution < -0.4 is 9.80 Å². The molecule has 0 aliphatic carbocycles. The van der Waals surface area contributed by atoms with Gasteiger partial charge in [-0.3, -0.25) is 0 Å². The summed E-state index contributed by atoms with van der Waals surface area (Å²) >= 11 is 0. The van der Waals surface area contributed by atoms with Crippen molar-refractivity contribution in [3.63, 3.8) is 0 Å². The summed E-state index contributed by atoms with van der Waals surface area (Å²) in [6.45, 7) is 24.5. The summed E-state index contributed by atoms with van der Waals surface area (Å²) in [6, 6.07) is 9.60. The molecule has 0 atom stereocenters. The minimum atomic E-state index is 0. The summed E-state index contributed by atoms with van der Waals surface area (Å²) in [5.41, 5.74) is 25.8. The molecular weight excluding hydrogens is 751 g/mol. The first-order valence-corrected chi connectivity index (χ1v) is 22.1. The van der Waals surface area contributed by atoms with Gasteiger partial charge in [-0.1, -0.05) is 97.8 Å². The van der Waals surface area contributed by atoms with Gasteiger partial charge in [0.15, 0.2) is 0 Å². The molecule has 2 aromatic carbocycles. The third kappa shape index (κ3) is 13.0. The predicted octanol–water partition coefficient (Wildman–Crippen LogP) is 13.9. The maximum atomic E-state index is 12.5. The van der Waals surface area contributed by atoms with Gasteiger partial charge < -0.3 is 15.3 Å².